The number of carbonyl (C=O) groups excluding carboxylic acids is 1. The van der Waals surface area contributed by atoms with Gasteiger partial charge in [-0.15, -0.1) is 10.2 Å². The van der Waals surface area contributed by atoms with Gasteiger partial charge >= 0.3 is 0 Å². The summed E-state index contributed by atoms with van der Waals surface area (Å²) in [6.45, 7) is 3.00. The number of hydrogen-bond acceptors (Lipinski definition) is 4. The van der Waals surface area contributed by atoms with Crippen molar-refractivity contribution >= 4 is 5.91 Å². The van der Waals surface area contributed by atoms with E-state index in [0.29, 0.717) is 23.7 Å². The van der Waals surface area contributed by atoms with Gasteiger partial charge in [-0.25, -0.2) is 0 Å². The average Bonchev–Trinajstić information content (AvgIpc) is 2.91. The average molecular weight is 247 g/mol. The molecule has 4 rings (SSSR count). The zero-order chi connectivity index (χ0) is 12.1. The fourth-order valence-corrected chi connectivity index (χ4v) is 3.03. The first-order chi connectivity index (χ1) is 8.81. The molecule has 0 spiro atoms. The molecule has 2 fully saturated rings. The molecule has 1 saturated carbocycles. The summed E-state index contributed by atoms with van der Waals surface area (Å²) >= 11 is 0. The zero-order valence-electron chi connectivity index (χ0n) is 10.2. The van der Waals surface area contributed by atoms with E-state index in [1.165, 1.54) is 0 Å². The van der Waals surface area contributed by atoms with Crippen molar-refractivity contribution in [3.8, 4) is 0 Å². The van der Waals surface area contributed by atoms with Crippen LogP contribution in [0.3, 0.4) is 0 Å². The van der Waals surface area contributed by atoms with Gasteiger partial charge in [-0.3, -0.25) is 4.79 Å². The molecule has 1 amide bonds. The first-order valence-corrected chi connectivity index (χ1v) is 6.75. The Bertz CT molecular complexity index is 493. The van der Waals surface area contributed by atoms with Crippen molar-refractivity contribution in [2.24, 2.45) is 11.8 Å². The predicted octanol–water partition coefficient (Wildman–Crippen LogP) is -0.438. The van der Waals surface area contributed by atoms with Crippen LogP contribution in [0.4, 0.5) is 0 Å². The third kappa shape index (κ3) is 1.63. The minimum atomic E-state index is -0.0549. The lowest BCUT2D eigenvalue weighted by Gasteiger charge is -2.25. The highest BCUT2D eigenvalue weighted by molar-refractivity contribution is 5.91. The van der Waals surface area contributed by atoms with Crippen molar-refractivity contribution in [3.05, 3.63) is 11.6 Å². The second-order valence-corrected chi connectivity index (χ2v) is 5.68. The molecule has 0 aromatic carbocycles. The van der Waals surface area contributed by atoms with E-state index in [1.807, 2.05) is 4.57 Å². The Balaban J connectivity index is 1.60. The Kier molecular flexibility index (Phi) is 2.20. The molecule has 18 heavy (non-hydrogen) atoms. The molecule has 6 nitrogen and oxygen atoms in total. The quantitative estimate of drug-likeness (QED) is 0.743. The molecular weight excluding hydrogens is 230 g/mol. The molecule has 0 radical (unpaired) electrons. The Morgan fingerprint density at radius 2 is 2.11 bits per heavy atom. The molecule has 3 heterocycles. The summed E-state index contributed by atoms with van der Waals surface area (Å²) in [6, 6.07) is 0.370. The number of nitrogens with zero attached hydrogens (tertiary/aromatic N) is 3. The number of nitrogens with one attached hydrogen (secondary N) is 2. The van der Waals surface area contributed by atoms with Crippen molar-refractivity contribution in [2.75, 3.05) is 13.1 Å². The minimum absolute atomic E-state index is 0.0549. The highest BCUT2D eigenvalue weighted by Gasteiger charge is 2.36. The van der Waals surface area contributed by atoms with Gasteiger partial charge in [-0.2, -0.15) is 0 Å². The van der Waals surface area contributed by atoms with Crippen LogP contribution in [-0.2, 0) is 13.0 Å². The minimum Gasteiger partial charge on any atom is -0.347 e. The molecule has 6 heteroatoms. The third-order valence-corrected chi connectivity index (χ3v) is 4.28. The van der Waals surface area contributed by atoms with Crippen molar-refractivity contribution in [1.82, 2.24) is 25.4 Å². The molecular formula is C12H17N5O. The Morgan fingerprint density at radius 3 is 2.94 bits per heavy atom. The van der Waals surface area contributed by atoms with Crippen LogP contribution in [0.1, 0.15) is 29.3 Å². The summed E-state index contributed by atoms with van der Waals surface area (Å²) in [5.74, 6) is 2.71. The predicted molar refractivity (Wildman–Crippen MR) is 64.1 cm³/mol. The lowest BCUT2D eigenvalue weighted by Crippen LogP contribution is -2.33. The van der Waals surface area contributed by atoms with Gasteiger partial charge in [0.05, 0.1) is 0 Å². The summed E-state index contributed by atoms with van der Waals surface area (Å²) in [5, 5.41) is 14.7. The molecule has 1 aromatic heterocycles. The number of fused-ring (bicyclic) bond motifs is 2. The summed E-state index contributed by atoms with van der Waals surface area (Å²) in [7, 11) is 0. The molecule has 2 aliphatic heterocycles. The number of amides is 1. The second kappa shape index (κ2) is 3.78. The zero-order valence-corrected chi connectivity index (χ0v) is 10.2. The van der Waals surface area contributed by atoms with E-state index in [-0.39, 0.29) is 5.91 Å². The third-order valence-electron chi connectivity index (χ3n) is 4.28. The molecule has 96 valence electrons. The summed E-state index contributed by atoms with van der Waals surface area (Å²) in [4.78, 5) is 12.1. The van der Waals surface area contributed by atoms with Gasteiger partial charge in [0.1, 0.15) is 5.82 Å². The normalized spacial score (nSPS) is 29.8. The fraction of sp³-hybridized carbons (Fsp3) is 0.750. The summed E-state index contributed by atoms with van der Waals surface area (Å²) < 4.78 is 2.02. The van der Waals surface area contributed by atoms with Crippen LogP contribution < -0.4 is 10.6 Å². The van der Waals surface area contributed by atoms with Crippen LogP contribution in [0.15, 0.2) is 0 Å². The van der Waals surface area contributed by atoms with Crippen LogP contribution in [0, 0.1) is 11.8 Å². The highest BCUT2D eigenvalue weighted by atomic mass is 16.2. The Hall–Kier alpha value is -1.43. The standard InChI is InChI=1S/C12H17N5O/c18-12(14-9-1-2-9)11-16-15-10-3-7-4-13-5-8(7)6-17(10)11/h7-9,13H,1-6H2,(H,14,18)/t7-,8+/m1/s1. The van der Waals surface area contributed by atoms with Crippen molar-refractivity contribution < 1.29 is 4.79 Å². The van der Waals surface area contributed by atoms with E-state index in [9.17, 15) is 4.79 Å². The van der Waals surface area contributed by atoms with Gasteiger partial charge in [0, 0.05) is 19.0 Å². The highest BCUT2D eigenvalue weighted by Crippen LogP contribution is 2.28. The van der Waals surface area contributed by atoms with E-state index in [2.05, 4.69) is 20.8 Å². The van der Waals surface area contributed by atoms with E-state index in [1.54, 1.807) is 0 Å². The molecule has 2 atom stereocenters. The number of hydrogen-bond donors (Lipinski definition) is 2. The number of rotatable bonds is 2. The van der Waals surface area contributed by atoms with E-state index in [0.717, 1.165) is 44.7 Å². The lowest BCUT2D eigenvalue weighted by atomic mass is 9.89. The van der Waals surface area contributed by atoms with Crippen LogP contribution in [0.25, 0.3) is 0 Å². The maximum Gasteiger partial charge on any atom is 0.289 e. The van der Waals surface area contributed by atoms with E-state index >= 15 is 0 Å². The summed E-state index contributed by atoms with van der Waals surface area (Å²) in [5.41, 5.74) is 0. The molecule has 0 bridgehead atoms. The maximum atomic E-state index is 12.1. The van der Waals surface area contributed by atoms with Gasteiger partial charge in [-0.1, -0.05) is 0 Å². The molecule has 1 aliphatic carbocycles. The van der Waals surface area contributed by atoms with Gasteiger partial charge in [0.15, 0.2) is 0 Å². The lowest BCUT2D eigenvalue weighted by molar-refractivity contribution is 0.0932. The first-order valence-electron chi connectivity index (χ1n) is 6.75. The molecule has 0 unspecified atom stereocenters. The van der Waals surface area contributed by atoms with Gasteiger partial charge in [0.25, 0.3) is 5.91 Å². The Morgan fingerprint density at radius 1 is 1.28 bits per heavy atom. The van der Waals surface area contributed by atoms with Crippen molar-refractivity contribution in [3.63, 3.8) is 0 Å². The molecule has 1 saturated heterocycles. The van der Waals surface area contributed by atoms with E-state index < -0.39 is 0 Å². The van der Waals surface area contributed by atoms with Crippen LogP contribution >= 0.6 is 0 Å². The van der Waals surface area contributed by atoms with Crippen molar-refractivity contribution in [2.45, 2.75) is 31.8 Å². The van der Waals surface area contributed by atoms with Crippen LogP contribution in [-0.4, -0.2) is 39.8 Å². The van der Waals surface area contributed by atoms with E-state index in [4.69, 9.17) is 0 Å². The monoisotopic (exact) mass is 247 g/mol. The molecule has 2 N–H and O–H groups in total. The largest absolute Gasteiger partial charge is 0.347 e. The first kappa shape index (κ1) is 10.5. The fourth-order valence-electron chi connectivity index (χ4n) is 3.03. The SMILES string of the molecule is O=C(NC1CC1)c1nnc2n1C[C@@H]1CNC[C@H]1C2. The van der Waals surface area contributed by atoms with Gasteiger partial charge in [0.2, 0.25) is 5.82 Å². The summed E-state index contributed by atoms with van der Waals surface area (Å²) in [6.07, 6.45) is 3.14. The second-order valence-electron chi connectivity index (χ2n) is 5.68. The van der Waals surface area contributed by atoms with Crippen LogP contribution in [0.5, 0.6) is 0 Å². The van der Waals surface area contributed by atoms with Gasteiger partial charge < -0.3 is 15.2 Å². The topological polar surface area (TPSA) is 71.8 Å². The maximum absolute atomic E-state index is 12.1. The molecule has 1 aromatic rings. The number of carbonyl (C=O) groups is 1. The van der Waals surface area contributed by atoms with Crippen molar-refractivity contribution in [1.29, 1.82) is 0 Å². The smallest absolute Gasteiger partial charge is 0.289 e. The number of aromatic nitrogens is 3. The van der Waals surface area contributed by atoms with Crippen LogP contribution in [0.2, 0.25) is 0 Å². The molecule has 3 aliphatic rings. The Labute approximate surface area is 105 Å². The van der Waals surface area contributed by atoms with Gasteiger partial charge in [-0.05, 0) is 37.8 Å².